The van der Waals surface area contributed by atoms with Gasteiger partial charge in [0.05, 0.1) is 11.1 Å². The molecular weight excluding hydrogens is 561 g/mol. The summed E-state index contributed by atoms with van der Waals surface area (Å²) in [7, 11) is 0. The first-order valence-electron chi connectivity index (χ1n) is 11.8. The van der Waals surface area contributed by atoms with Crippen molar-refractivity contribution in [3.63, 3.8) is 0 Å². The van der Waals surface area contributed by atoms with Gasteiger partial charge < -0.3 is 18.8 Å². The molecule has 2 aromatic carbocycles. The molecular formula is C25H17ClFN9O5. The fourth-order valence-corrected chi connectivity index (χ4v) is 4.51. The zero-order valence-electron chi connectivity index (χ0n) is 20.7. The second kappa shape index (κ2) is 11.5. The van der Waals surface area contributed by atoms with Gasteiger partial charge >= 0.3 is 11.9 Å². The number of halogens is 2. The normalized spacial score (nSPS) is 21.5. The lowest BCUT2D eigenvalue weighted by molar-refractivity contribution is -0.127. The zero-order valence-corrected chi connectivity index (χ0v) is 21.4. The third-order valence-electron chi connectivity index (χ3n) is 6.16. The predicted octanol–water partition coefficient (Wildman–Crippen LogP) is 5.98. The van der Waals surface area contributed by atoms with Gasteiger partial charge in [-0.1, -0.05) is 41.0 Å². The Morgan fingerprint density at radius 1 is 1.07 bits per heavy atom. The van der Waals surface area contributed by atoms with Crippen LogP contribution in [0.2, 0.25) is 5.02 Å². The number of esters is 2. The monoisotopic (exact) mass is 577 g/mol. The van der Waals surface area contributed by atoms with Gasteiger partial charge in [0.1, 0.15) is 24.4 Å². The Hall–Kier alpha value is -5.20. The van der Waals surface area contributed by atoms with Crippen LogP contribution in [0.1, 0.15) is 26.9 Å². The maximum Gasteiger partial charge on any atom is 0.338 e. The van der Waals surface area contributed by atoms with Crippen molar-refractivity contribution in [2.24, 2.45) is 10.2 Å². The van der Waals surface area contributed by atoms with Crippen LogP contribution in [0, 0.1) is 0 Å². The summed E-state index contributed by atoms with van der Waals surface area (Å²) in [6, 6.07) is 15.1. The molecule has 1 aliphatic rings. The molecule has 206 valence electrons. The summed E-state index contributed by atoms with van der Waals surface area (Å²) in [5.41, 5.74) is 16.2. The van der Waals surface area contributed by atoms with Crippen LogP contribution < -0.4 is 0 Å². The standard InChI is InChI=1S/C25H17ClFN9O5/c26-16-8-4-7-15(11-16)23(37)39-12-25(33-35-29)19(40-24(38)14-5-2-1-3-6-14)18(27)22(41-25)36-10-9-17-20(32-34-28)30-13-31-21(17)36/h1-11,13,18-19,22H,12H2/t18-,19-,22+,25+/m0/s1. The summed E-state index contributed by atoms with van der Waals surface area (Å²) in [6.45, 7) is -0.829. The second-order valence-electron chi connectivity index (χ2n) is 8.61. The van der Waals surface area contributed by atoms with Crippen molar-refractivity contribution in [2.45, 2.75) is 24.2 Å². The van der Waals surface area contributed by atoms with Crippen molar-refractivity contribution in [1.82, 2.24) is 14.5 Å². The topological polar surface area (TPSA) is 190 Å². The van der Waals surface area contributed by atoms with E-state index in [1.165, 1.54) is 47.2 Å². The predicted molar refractivity (Wildman–Crippen MR) is 141 cm³/mol. The first-order valence-corrected chi connectivity index (χ1v) is 12.2. The SMILES string of the molecule is [N-]=[N+]=Nc1ncnc2c1ccn2[C@@H]1O[C@@](COC(=O)c2cccc(Cl)c2)(N=[N+]=[N-])[C@@H](OC(=O)c2ccccc2)[C@@H]1F. The van der Waals surface area contributed by atoms with Crippen LogP contribution in [-0.4, -0.2) is 51.1 Å². The van der Waals surface area contributed by atoms with E-state index in [0.717, 1.165) is 6.33 Å². The molecule has 0 amide bonds. The summed E-state index contributed by atoms with van der Waals surface area (Å²) < 4.78 is 34.3. The van der Waals surface area contributed by atoms with Crippen molar-refractivity contribution >= 4 is 40.4 Å². The Kier molecular flexibility index (Phi) is 7.68. The van der Waals surface area contributed by atoms with Crippen molar-refractivity contribution in [1.29, 1.82) is 0 Å². The van der Waals surface area contributed by atoms with Crippen molar-refractivity contribution in [3.05, 3.63) is 110 Å². The number of rotatable bonds is 8. The first-order chi connectivity index (χ1) is 19.9. The summed E-state index contributed by atoms with van der Waals surface area (Å²) in [6.07, 6.45) is -3.14. The number of hydrogen-bond acceptors (Lipinski definition) is 9. The minimum atomic E-state index is -2.34. The second-order valence-corrected chi connectivity index (χ2v) is 9.05. The molecule has 2 aromatic heterocycles. The number of ether oxygens (including phenoxy) is 3. The largest absolute Gasteiger partial charge is 0.459 e. The van der Waals surface area contributed by atoms with Crippen LogP contribution in [0.4, 0.5) is 10.2 Å². The molecule has 0 unspecified atom stereocenters. The molecule has 1 aliphatic heterocycles. The molecule has 41 heavy (non-hydrogen) atoms. The van der Waals surface area contributed by atoms with Crippen LogP contribution in [0.15, 0.2) is 83.4 Å². The minimum absolute atomic E-state index is 0.0199. The highest BCUT2D eigenvalue weighted by molar-refractivity contribution is 6.30. The van der Waals surface area contributed by atoms with Gasteiger partial charge in [-0.3, -0.25) is 0 Å². The van der Waals surface area contributed by atoms with E-state index in [0.29, 0.717) is 0 Å². The molecule has 16 heteroatoms. The van der Waals surface area contributed by atoms with Crippen molar-refractivity contribution in [3.8, 4) is 0 Å². The van der Waals surface area contributed by atoms with E-state index in [2.05, 4.69) is 30.0 Å². The van der Waals surface area contributed by atoms with E-state index in [4.69, 9.17) is 31.3 Å². The summed E-state index contributed by atoms with van der Waals surface area (Å²) in [4.78, 5) is 39.3. The van der Waals surface area contributed by atoms with Gasteiger partial charge in [0.2, 0.25) is 5.72 Å². The zero-order chi connectivity index (χ0) is 29.0. The number of carbonyl (C=O) groups excluding carboxylic acids is 2. The summed E-state index contributed by atoms with van der Waals surface area (Å²) in [5.74, 6) is -1.84. The maximum absolute atomic E-state index is 16.3. The minimum Gasteiger partial charge on any atom is -0.459 e. The van der Waals surface area contributed by atoms with E-state index in [-0.39, 0.29) is 33.0 Å². The van der Waals surface area contributed by atoms with Crippen molar-refractivity contribution in [2.75, 3.05) is 6.61 Å². The van der Waals surface area contributed by atoms with E-state index in [1.807, 2.05) is 0 Å². The van der Waals surface area contributed by atoms with Gasteiger partial charge in [0.15, 0.2) is 18.5 Å². The molecule has 0 bridgehead atoms. The number of carbonyl (C=O) groups is 2. The highest BCUT2D eigenvalue weighted by Crippen LogP contribution is 2.44. The fourth-order valence-electron chi connectivity index (χ4n) is 4.32. The molecule has 3 heterocycles. The molecule has 0 N–H and O–H groups in total. The highest BCUT2D eigenvalue weighted by atomic mass is 35.5. The summed E-state index contributed by atoms with van der Waals surface area (Å²) in [5, 5.41) is 7.67. The lowest BCUT2D eigenvalue weighted by Gasteiger charge is -2.28. The van der Waals surface area contributed by atoms with E-state index in [9.17, 15) is 15.1 Å². The molecule has 0 saturated carbocycles. The van der Waals surface area contributed by atoms with Gasteiger partial charge in [-0.15, -0.1) is 0 Å². The number of alkyl halides is 1. The number of nitrogens with zero attached hydrogens (tertiary/aromatic N) is 9. The molecule has 4 atom stereocenters. The molecule has 5 rings (SSSR count). The Morgan fingerprint density at radius 2 is 1.85 bits per heavy atom. The third kappa shape index (κ3) is 5.33. The molecule has 1 saturated heterocycles. The van der Waals surface area contributed by atoms with E-state index in [1.54, 1.807) is 24.3 Å². The average Bonchev–Trinajstić information content (AvgIpc) is 3.52. The quantitative estimate of drug-likeness (QED) is 0.106. The van der Waals surface area contributed by atoms with Crippen LogP contribution in [-0.2, 0) is 14.2 Å². The van der Waals surface area contributed by atoms with Crippen LogP contribution in [0.5, 0.6) is 0 Å². The molecule has 0 aliphatic carbocycles. The van der Waals surface area contributed by atoms with Crippen LogP contribution in [0.25, 0.3) is 31.9 Å². The van der Waals surface area contributed by atoms with Crippen LogP contribution in [0.3, 0.4) is 0 Å². The lowest BCUT2D eigenvalue weighted by Crippen LogP contribution is -2.47. The number of hydrogen-bond donors (Lipinski definition) is 0. The number of benzene rings is 2. The summed E-state index contributed by atoms with van der Waals surface area (Å²) >= 11 is 5.96. The molecule has 1 fully saturated rings. The van der Waals surface area contributed by atoms with Gasteiger partial charge in [0, 0.05) is 26.4 Å². The Morgan fingerprint density at radius 3 is 2.59 bits per heavy atom. The Bertz CT molecular complexity index is 1720. The number of azide groups is 2. The first kappa shape index (κ1) is 27.4. The van der Waals surface area contributed by atoms with E-state index < -0.39 is 42.8 Å². The fraction of sp³-hybridized carbons (Fsp3) is 0.200. The highest BCUT2D eigenvalue weighted by Gasteiger charge is 2.60. The van der Waals surface area contributed by atoms with Gasteiger partial charge in [-0.2, -0.15) is 0 Å². The van der Waals surface area contributed by atoms with Gasteiger partial charge in [0.25, 0.3) is 0 Å². The van der Waals surface area contributed by atoms with Crippen LogP contribution >= 0.6 is 11.6 Å². The molecule has 0 radical (unpaired) electrons. The molecule has 14 nitrogen and oxygen atoms in total. The third-order valence-corrected chi connectivity index (χ3v) is 6.40. The Labute approximate surface area is 234 Å². The van der Waals surface area contributed by atoms with E-state index >= 15 is 4.39 Å². The van der Waals surface area contributed by atoms with Gasteiger partial charge in [-0.25, -0.2) is 23.9 Å². The van der Waals surface area contributed by atoms with Crippen molar-refractivity contribution < 1.29 is 28.2 Å². The number of aromatic nitrogens is 3. The molecule has 0 spiro atoms. The van der Waals surface area contributed by atoms with Gasteiger partial charge in [-0.05, 0) is 52.6 Å². The smallest absolute Gasteiger partial charge is 0.338 e. The molecule has 4 aromatic rings. The lowest BCUT2D eigenvalue weighted by atomic mass is 10.1. The number of fused-ring (bicyclic) bond motifs is 1. The maximum atomic E-state index is 16.3. The Balaban J connectivity index is 1.54. The average molecular weight is 578 g/mol.